The molecule has 0 radical (unpaired) electrons. The Hall–Kier alpha value is -1.62. The lowest BCUT2D eigenvalue weighted by molar-refractivity contribution is 0.100. The summed E-state index contributed by atoms with van der Waals surface area (Å²) >= 11 is 0. The van der Waals surface area contributed by atoms with Crippen molar-refractivity contribution < 1.29 is 9.90 Å². The summed E-state index contributed by atoms with van der Waals surface area (Å²) in [6, 6.07) is 3.34. The summed E-state index contributed by atoms with van der Waals surface area (Å²) in [4.78, 5) is 15.3. The number of carbonyl (C=O) groups is 1. The number of nitrogens with zero attached hydrogens (tertiary/aromatic N) is 1. The third-order valence-electron chi connectivity index (χ3n) is 3.30. The summed E-state index contributed by atoms with van der Waals surface area (Å²) in [5.74, 6) is 0.0526. The molecule has 5 heteroatoms. The van der Waals surface area contributed by atoms with Crippen molar-refractivity contribution >= 4 is 11.7 Å². The molecule has 4 N–H and O–H groups in total. The van der Waals surface area contributed by atoms with E-state index in [1.807, 2.05) is 0 Å². The van der Waals surface area contributed by atoms with Crippen molar-refractivity contribution in [3.63, 3.8) is 0 Å². The van der Waals surface area contributed by atoms with E-state index in [4.69, 9.17) is 10.8 Å². The van der Waals surface area contributed by atoms with Gasteiger partial charge in [0.2, 0.25) is 0 Å². The number of nitrogens with one attached hydrogen (secondary N) is 1. The van der Waals surface area contributed by atoms with Crippen LogP contribution >= 0.6 is 0 Å². The van der Waals surface area contributed by atoms with Crippen LogP contribution in [-0.2, 0) is 0 Å². The minimum absolute atomic E-state index is 0.182. The highest BCUT2D eigenvalue weighted by Crippen LogP contribution is 2.48. The van der Waals surface area contributed by atoms with Crippen LogP contribution in [0.25, 0.3) is 0 Å². The Balaban J connectivity index is 2.02. The zero-order valence-corrected chi connectivity index (χ0v) is 9.65. The third kappa shape index (κ3) is 2.74. The molecule has 1 aliphatic rings. The first kappa shape index (κ1) is 11.9. The minimum atomic E-state index is -0.479. The van der Waals surface area contributed by atoms with Crippen molar-refractivity contribution in [2.75, 3.05) is 18.5 Å². The highest BCUT2D eigenvalue weighted by atomic mass is 16.3. The summed E-state index contributed by atoms with van der Waals surface area (Å²) in [6.07, 6.45) is 4.64. The summed E-state index contributed by atoms with van der Waals surface area (Å²) in [5.41, 5.74) is 5.86. The van der Waals surface area contributed by atoms with Crippen LogP contribution in [0.3, 0.4) is 0 Å². The van der Waals surface area contributed by atoms with E-state index in [1.54, 1.807) is 18.3 Å². The first-order valence-electron chi connectivity index (χ1n) is 5.76. The van der Waals surface area contributed by atoms with Crippen molar-refractivity contribution in [2.24, 2.45) is 11.1 Å². The monoisotopic (exact) mass is 235 g/mol. The van der Waals surface area contributed by atoms with Crippen LogP contribution in [-0.4, -0.2) is 29.1 Å². The Kier molecular flexibility index (Phi) is 3.28. The number of aliphatic hydroxyl groups is 1. The van der Waals surface area contributed by atoms with Gasteiger partial charge in [-0.3, -0.25) is 4.79 Å². The maximum Gasteiger partial charge on any atom is 0.252 e. The highest BCUT2D eigenvalue weighted by molar-refractivity contribution is 5.97. The number of hydrogen-bond donors (Lipinski definition) is 3. The molecule has 0 atom stereocenters. The molecule has 1 saturated carbocycles. The van der Waals surface area contributed by atoms with Crippen molar-refractivity contribution in [3.8, 4) is 0 Å². The van der Waals surface area contributed by atoms with Crippen LogP contribution in [0.5, 0.6) is 0 Å². The summed E-state index contributed by atoms with van der Waals surface area (Å²) in [7, 11) is 0. The molecule has 2 rings (SSSR count). The zero-order valence-electron chi connectivity index (χ0n) is 9.65. The predicted octanol–water partition coefficient (Wildman–Crippen LogP) is 0.755. The van der Waals surface area contributed by atoms with E-state index in [0.29, 0.717) is 11.4 Å². The van der Waals surface area contributed by atoms with E-state index in [0.717, 1.165) is 25.8 Å². The van der Waals surface area contributed by atoms with E-state index < -0.39 is 5.91 Å². The molecule has 1 amide bonds. The van der Waals surface area contributed by atoms with Gasteiger partial charge in [0.15, 0.2) is 0 Å². The van der Waals surface area contributed by atoms with Gasteiger partial charge >= 0.3 is 0 Å². The van der Waals surface area contributed by atoms with E-state index in [1.165, 1.54) is 0 Å². The molecule has 0 saturated heterocycles. The maximum atomic E-state index is 11.2. The number of rotatable bonds is 6. The zero-order chi connectivity index (χ0) is 12.3. The molecule has 17 heavy (non-hydrogen) atoms. The Labute approximate surface area is 100 Å². The summed E-state index contributed by atoms with van der Waals surface area (Å²) in [6.45, 7) is 0.928. The van der Waals surface area contributed by atoms with E-state index in [9.17, 15) is 4.79 Å². The van der Waals surface area contributed by atoms with Gasteiger partial charge in [-0.25, -0.2) is 4.98 Å². The molecular weight excluding hydrogens is 218 g/mol. The van der Waals surface area contributed by atoms with Gasteiger partial charge in [-0.1, -0.05) is 0 Å². The van der Waals surface area contributed by atoms with Crippen molar-refractivity contribution in [2.45, 2.75) is 19.3 Å². The van der Waals surface area contributed by atoms with Gasteiger partial charge in [-0.15, -0.1) is 0 Å². The SMILES string of the molecule is NC(=O)c1cccnc1NCC1(CCO)CC1. The van der Waals surface area contributed by atoms with Crippen LogP contribution < -0.4 is 11.1 Å². The third-order valence-corrected chi connectivity index (χ3v) is 3.30. The number of aliphatic hydroxyl groups excluding tert-OH is 1. The van der Waals surface area contributed by atoms with Gasteiger partial charge in [-0.05, 0) is 36.8 Å². The number of aromatic nitrogens is 1. The second kappa shape index (κ2) is 4.71. The predicted molar refractivity (Wildman–Crippen MR) is 64.6 cm³/mol. The van der Waals surface area contributed by atoms with Crippen LogP contribution in [0.4, 0.5) is 5.82 Å². The number of amides is 1. The molecule has 1 aliphatic carbocycles. The van der Waals surface area contributed by atoms with Crippen LogP contribution in [0, 0.1) is 5.41 Å². The second-order valence-corrected chi connectivity index (χ2v) is 4.59. The largest absolute Gasteiger partial charge is 0.396 e. The quantitative estimate of drug-likeness (QED) is 0.679. The maximum absolute atomic E-state index is 11.2. The smallest absolute Gasteiger partial charge is 0.252 e. The topological polar surface area (TPSA) is 88.2 Å². The minimum Gasteiger partial charge on any atom is -0.396 e. The fraction of sp³-hybridized carbons (Fsp3) is 0.500. The second-order valence-electron chi connectivity index (χ2n) is 4.59. The number of pyridine rings is 1. The molecule has 0 bridgehead atoms. The van der Waals surface area contributed by atoms with Gasteiger partial charge in [0.1, 0.15) is 5.82 Å². The van der Waals surface area contributed by atoms with E-state index >= 15 is 0 Å². The fourth-order valence-corrected chi connectivity index (χ4v) is 1.95. The molecule has 1 aromatic rings. The Bertz CT molecular complexity index is 416. The molecular formula is C12H17N3O2. The number of carbonyl (C=O) groups excluding carboxylic acids is 1. The highest BCUT2D eigenvalue weighted by Gasteiger charge is 2.41. The van der Waals surface area contributed by atoms with Crippen molar-refractivity contribution in [3.05, 3.63) is 23.9 Å². The Morgan fingerprint density at radius 3 is 2.94 bits per heavy atom. The standard InChI is InChI=1S/C12H17N3O2/c13-10(17)9-2-1-6-14-11(9)15-8-12(3-4-12)5-7-16/h1-2,6,16H,3-5,7-8H2,(H2,13,17)(H,14,15). The molecule has 92 valence electrons. The van der Waals surface area contributed by atoms with Gasteiger partial charge in [0.05, 0.1) is 5.56 Å². The number of nitrogens with two attached hydrogens (primary N) is 1. The lowest BCUT2D eigenvalue weighted by Gasteiger charge is -2.16. The molecule has 1 aromatic heterocycles. The number of primary amides is 1. The molecule has 0 aliphatic heterocycles. The number of hydrogen-bond acceptors (Lipinski definition) is 4. The fourth-order valence-electron chi connectivity index (χ4n) is 1.95. The molecule has 0 aromatic carbocycles. The summed E-state index contributed by atoms with van der Waals surface area (Å²) in [5, 5.41) is 12.1. The van der Waals surface area contributed by atoms with Crippen LogP contribution in [0.2, 0.25) is 0 Å². The molecule has 1 heterocycles. The Morgan fingerprint density at radius 2 is 2.35 bits per heavy atom. The van der Waals surface area contributed by atoms with Crippen molar-refractivity contribution in [1.29, 1.82) is 0 Å². The lowest BCUT2D eigenvalue weighted by Crippen LogP contribution is -2.21. The van der Waals surface area contributed by atoms with Crippen molar-refractivity contribution in [1.82, 2.24) is 4.98 Å². The summed E-state index contributed by atoms with van der Waals surface area (Å²) < 4.78 is 0. The van der Waals surface area contributed by atoms with Gasteiger partial charge in [0.25, 0.3) is 5.91 Å². The van der Waals surface area contributed by atoms with E-state index in [-0.39, 0.29) is 12.0 Å². The first-order chi connectivity index (χ1) is 8.17. The van der Waals surface area contributed by atoms with Gasteiger partial charge in [-0.2, -0.15) is 0 Å². The lowest BCUT2D eigenvalue weighted by atomic mass is 10.0. The van der Waals surface area contributed by atoms with Crippen LogP contribution in [0.1, 0.15) is 29.6 Å². The average molecular weight is 235 g/mol. The van der Waals surface area contributed by atoms with Gasteiger partial charge in [0, 0.05) is 19.3 Å². The molecule has 0 unspecified atom stereocenters. The van der Waals surface area contributed by atoms with E-state index in [2.05, 4.69) is 10.3 Å². The normalized spacial score (nSPS) is 16.5. The molecule has 1 fully saturated rings. The number of anilines is 1. The van der Waals surface area contributed by atoms with Gasteiger partial charge < -0.3 is 16.2 Å². The average Bonchev–Trinajstić information content (AvgIpc) is 3.08. The molecule has 5 nitrogen and oxygen atoms in total. The molecule has 0 spiro atoms. The van der Waals surface area contributed by atoms with Crippen LogP contribution in [0.15, 0.2) is 18.3 Å². The Morgan fingerprint density at radius 1 is 1.59 bits per heavy atom. The first-order valence-corrected chi connectivity index (χ1v) is 5.76.